The van der Waals surface area contributed by atoms with E-state index in [0.29, 0.717) is 12.8 Å². The minimum absolute atomic E-state index is 0.243. The molecule has 0 rings (SSSR count). The monoisotopic (exact) mass is 312 g/mol. The lowest BCUT2D eigenvalue weighted by Gasteiger charge is -2.32. The predicted octanol–water partition coefficient (Wildman–Crippen LogP) is 2.97. The molecule has 130 valence electrons. The molecule has 0 aromatic carbocycles. The number of ketones is 1. The van der Waals surface area contributed by atoms with Gasteiger partial charge in [0.1, 0.15) is 5.78 Å². The zero-order valence-electron chi connectivity index (χ0n) is 14.5. The summed E-state index contributed by atoms with van der Waals surface area (Å²) in [6.07, 6.45) is 11.0. The Bertz CT molecular complexity index is 301. The number of unbranched alkanes of at least 4 members (excludes halogenated alkanes) is 8. The fraction of sp³-hybridized carbons (Fsp3) is 0.889. The molecule has 0 aromatic rings. The summed E-state index contributed by atoms with van der Waals surface area (Å²) in [5.41, 5.74) is 4.19. The molecule has 1 unspecified atom stereocenters. The average Bonchev–Trinajstić information content (AvgIpc) is 2.47. The number of carboxylic acids is 1. The van der Waals surface area contributed by atoms with Crippen LogP contribution in [-0.4, -0.2) is 18.3 Å². The first-order chi connectivity index (χ1) is 10.5. The summed E-state index contributed by atoms with van der Waals surface area (Å²) >= 11 is 0. The van der Waals surface area contributed by atoms with E-state index in [2.05, 4.69) is 6.92 Å². The Kier molecular flexibility index (Phi) is 12.1. The number of nitrogens with two attached hydrogens (primary N) is 1. The van der Waals surface area contributed by atoms with Crippen LogP contribution >= 0.6 is 0 Å². The summed E-state index contributed by atoms with van der Waals surface area (Å²) in [7, 11) is 0. The molecule has 0 saturated carbocycles. The van der Waals surface area contributed by atoms with Gasteiger partial charge in [-0.15, -0.1) is 0 Å². The van der Waals surface area contributed by atoms with Gasteiger partial charge in [-0.25, -0.2) is 0 Å². The molecule has 1 atom stereocenters. The largest absolute Gasteiger partial charge is 0.549 e. The van der Waals surface area contributed by atoms with Crippen molar-refractivity contribution in [2.24, 2.45) is 11.1 Å². The van der Waals surface area contributed by atoms with Crippen LogP contribution in [0.4, 0.5) is 0 Å². The second-order valence-electron chi connectivity index (χ2n) is 6.40. The molecule has 0 aliphatic heterocycles. The lowest BCUT2D eigenvalue weighted by Crippen LogP contribution is -2.47. The second-order valence-corrected chi connectivity index (χ2v) is 6.40. The highest BCUT2D eigenvalue weighted by Crippen LogP contribution is 2.32. The van der Waals surface area contributed by atoms with E-state index in [4.69, 9.17) is 5.73 Å². The molecule has 0 radical (unpaired) electrons. The number of carbonyl (C=O) groups is 2. The maximum atomic E-state index is 11.9. The first kappa shape index (κ1) is 21.1. The molecule has 0 aromatic heterocycles. The number of Topliss-reactive ketones (excluding diaryl/α,β-unsaturated/α-hetero) is 1. The van der Waals surface area contributed by atoms with Crippen LogP contribution in [0.3, 0.4) is 0 Å². The highest BCUT2D eigenvalue weighted by molar-refractivity contribution is 6.00. The van der Waals surface area contributed by atoms with Crippen molar-refractivity contribution in [3.63, 3.8) is 0 Å². The van der Waals surface area contributed by atoms with Gasteiger partial charge >= 0.3 is 0 Å². The lowest BCUT2D eigenvalue weighted by molar-refractivity contribution is -0.317. The first-order valence-electron chi connectivity index (χ1n) is 8.93. The van der Waals surface area contributed by atoms with Gasteiger partial charge < -0.3 is 15.6 Å². The van der Waals surface area contributed by atoms with Crippen molar-refractivity contribution < 1.29 is 14.7 Å². The molecule has 0 heterocycles. The fourth-order valence-corrected chi connectivity index (χ4v) is 2.96. The summed E-state index contributed by atoms with van der Waals surface area (Å²) in [4.78, 5) is 23.5. The minimum atomic E-state index is -1.26. The maximum absolute atomic E-state index is 11.9. The molecule has 0 spiro atoms. The molecule has 0 saturated heterocycles. The average molecular weight is 312 g/mol. The van der Waals surface area contributed by atoms with Crippen molar-refractivity contribution in [2.45, 2.75) is 90.9 Å². The van der Waals surface area contributed by atoms with Crippen LogP contribution in [0.2, 0.25) is 0 Å². The molecule has 0 fully saturated rings. The number of rotatable bonds is 15. The molecule has 4 heteroatoms. The summed E-state index contributed by atoms with van der Waals surface area (Å²) in [5.74, 6) is -1.42. The topological polar surface area (TPSA) is 83.2 Å². The molecule has 2 N–H and O–H groups in total. The third kappa shape index (κ3) is 7.92. The van der Waals surface area contributed by atoms with Gasteiger partial charge in [0, 0.05) is 0 Å². The highest BCUT2D eigenvalue weighted by Gasteiger charge is 2.35. The highest BCUT2D eigenvalue weighted by atomic mass is 16.4. The fourth-order valence-electron chi connectivity index (χ4n) is 2.96. The van der Waals surface area contributed by atoms with E-state index in [1.807, 2.05) is 0 Å². The second kappa shape index (κ2) is 12.6. The maximum Gasteiger partial charge on any atom is 0.141 e. The lowest BCUT2D eigenvalue weighted by atomic mass is 9.75. The van der Waals surface area contributed by atoms with E-state index in [0.717, 1.165) is 70.8 Å². The molecule has 22 heavy (non-hydrogen) atoms. The van der Waals surface area contributed by atoms with Gasteiger partial charge in [-0.3, -0.25) is 4.79 Å². The van der Waals surface area contributed by atoms with Crippen LogP contribution in [0, 0.1) is 5.41 Å². The van der Waals surface area contributed by atoms with E-state index in [1.165, 1.54) is 6.92 Å². The third-order valence-corrected chi connectivity index (χ3v) is 4.58. The van der Waals surface area contributed by atoms with Crippen molar-refractivity contribution >= 4 is 11.8 Å². The standard InChI is InChI=1S/C18H35NO3/c1-3-4-5-10-13-18(16(2)20,17(21)22)14-11-8-6-7-9-12-15-19/h3-15,19H2,1-2H3,(H,21,22)/p-1. The van der Waals surface area contributed by atoms with E-state index in [9.17, 15) is 14.7 Å². The van der Waals surface area contributed by atoms with Crippen molar-refractivity contribution in [3.05, 3.63) is 0 Å². The Morgan fingerprint density at radius 2 is 1.32 bits per heavy atom. The molecule has 0 aliphatic rings. The molecule has 4 nitrogen and oxygen atoms in total. The van der Waals surface area contributed by atoms with Crippen molar-refractivity contribution in [1.29, 1.82) is 0 Å². The first-order valence-corrected chi connectivity index (χ1v) is 8.93. The van der Waals surface area contributed by atoms with Gasteiger partial charge in [0.05, 0.1) is 11.4 Å². The molecular formula is C18H34NO3-. The smallest absolute Gasteiger partial charge is 0.141 e. The Morgan fingerprint density at radius 1 is 0.864 bits per heavy atom. The van der Waals surface area contributed by atoms with Crippen molar-refractivity contribution in [1.82, 2.24) is 0 Å². The van der Waals surface area contributed by atoms with Gasteiger partial charge in [0.15, 0.2) is 0 Å². The van der Waals surface area contributed by atoms with Gasteiger partial charge in [-0.2, -0.15) is 0 Å². The molecular weight excluding hydrogens is 278 g/mol. The normalized spacial score (nSPS) is 13.8. The van der Waals surface area contributed by atoms with Crippen LogP contribution in [0.1, 0.15) is 90.9 Å². The van der Waals surface area contributed by atoms with Gasteiger partial charge in [-0.05, 0) is 32.7 Å². The zero-order valence-corrected chi connectivity index (χ0v) is 14.5. The van der Waals surface area contributed by atoms with Gasteiger partial charge in [0.25, 0.3) is 0 Å². The van der Waals surface area contributed by atoms with E-state index < -0.39 is 11.4 Å². The van der Waals surface area contributed by atoms with Crippen LogP contribution in [0.5, 0.6) is 0 Å². The van der Waals surface area contributed by atoms with Crippen LogP contribution in [-0.2, 0) is 9.59 Å². The number of hydrogen-bond acceptors (Lipinski definition) is 4. The quantitative estimate of drug-likeness (QED) is 0.372. The Morgan fingerprint density at radius 3 is 1.73 bits per heavy atom. The number of carboxylic acid groups (broad SMARTS) is 1. The summed E-state index contributed by atoms with van der Waals surface area (Å²) in [6.45, 7) is 4.24. The van der Waals surface area contributed by atoms with Crippen LogP contribution in [0.25, 0.3) is 0 Å². The molecule has 0 bridgehead atoms. The van der Waals surface area contributed by atoms with Crippen molar-refractivity contribution in [3.8, 4) is 0 Å². The molecule has 0 aliphatic carbocycles. The SMILES string of the molecule is CCCCCCC(CCCCCCCCN)(C(C)=O)C(=O)[O-]. The van der Waals surface area contributed by atoms with E-state index >= 15 is 0 Å². The Labute approximate surface area is 135 Å². The minimum Gasteiger partial charge on any atom is -0.549 e. The van der Waals surface area contributed by atoms with Crippen molar-refractivity contribution in [2.75, 3.05) is 6.54 Å². The number of carbonyl (C=O) groups excluding carboxylic acids is 2. The number of aliphatic carboxylic acids is 1. The summed E-state index contributed by atoms with van der Waals surface area (Å²) in [5, 5.41) is 11.6. The van der Waals surface area contributed by atoms with E-state index in [1.54, 1.807) is 0 Å². The van der Waals surface area contributed by atoms with E-state index in [-0.39, 0.29) is 5.78 Å². The number of hydrogen-bond donors (Lipinski definition) is 1. The van der Waals surface area contributed by atoms with Crippen LogP contribution < -0.4 is 10.8 Å². The summed E-state index contributed by atoms with van der Waals surface area (Å²) < 4.78 is 0. The molecule has 0 amide bonds. The van der Waals surface area contributed by atoms with Gasteiger partial charge in [-0.1, -0.05) is 64.7 Å². The van der Waals surface area contributed by atoms with Crippen LogP contribution in [0.15, 0.2) is 0 Å². The third-order valence-electron chi connectivity index (χ3n) is 4.58. The summed E-state index contributed by atoms with van der Waals surface area (Å²) in [6, 6.07) is 0. The van der Waals surface area contributed by atoms with Gasteiger partial charge in [0.2, 0.25) is 0 Å². The Hall–Kier alpha value is -0.900. The predicted molar refractivity (Wildman–Crippen MR) is 88.3 cm³/mol. The Balaban J connectivity index is 4.29. The zero-order chi connectivity index (χ0) is 16.8.